The predicted octanol–water partition coefficient (Wildman–Crippen LogP) is 13.8. The number of ether oxygens (including phenoxy) is 4. The maximum Gasteiger partial charge on any atom is 0.306 e. The van der Waals surface area contributed by atoms with Crippen molar-refractivity contribution in [2.45, 2.75) is 264 Å². The molecular weight excluding hydrogens is 803 g/mol. The molecular formula is C55H103NO8. The van der Waals surface area contributed by atoms with Crippen LogP contribution in [0.5, 0.6) is 0 Å². The molecule has 0 aliphatic carbocycles. The van der Waals surface area contributed by atoms with Crippen LogP contribution in [0.4, 0.5) is 0 Å². The van der Waals surface area contributed by atoms with Crippen molar-refractivity contribution in [3.63, 3.8) is 0 Å². The topological polar surface area (TPSA) is 111 Å². The number of esters is 2. The van der Waals surface area contributed by atoms with Gasteiger partial charge in [0, 0.05) is 12.8 Å². The van der Waals surface area contributed by atoms with E-state index in [2.05, 4.69) is 38.2 Å². The molecule has 0 aliphatic rings. The Balaban J connectivity index is 4.22. The first-order valence-electron chi connectivity index (χ1n) is 27.0. The lowest BCUT2D eigenvalue weighted by atomic mass is 10.0. The van der Waals surface area contributed by atoms with Crippen LogP contribution in [0.2, 0.25) is 0 Å². The minimum absolute atomic E-state index is 0.147. The predicted molar refractivity (Wildman–Crippen MR) is 265 cm³/mol. The number of aliphatic carboxylic acids is 1. The number of carbonyl (C=O) groups is 3. The van der Waals surface area contributed by atoms with Crippen LogP contribution in [-0.2, 0) is 33.3 Å². The molecule has 0 aromatic carbocycles. The Labute approximate surface area is 395 Å². The second-order valence-electron chi connectivity index (χ2n) is 19.5. The number of hydrogen-bond acceptors (Lipinski definition) is 8. The zero-order valence-corrected chi connectivity index (χ0v) is 42.7. The van der Waals surface area contributed by atoms with E-state index < -0.39 is 24.3 Å². The summed E-state index contributed by atoms with van der Waals surface area (Å²) in [5.74, 6) is -2.29. The summed E-state index contributed by atoms with van der Waals surface area (Å²) in [5.41, 5.74) is 0. The molecule has 0 amide bonds. The van der Waals surface area contributed by atoms with Gasteiger partial charge in [-0.25, -0.2) is 0 Å². The lowest BCUT2D eigenvalue weighted by molar-refractivity contribution is -0.870. The number of carbonyl (C=O) groups excluding carboxylic acids is 3. The number of carboxylic acids is 1. The van der Waals surface area contributed by atoms with E-state index in [4.69, 9.17) is 18.9 Å². The van der Waals surface area contributed by atoms with Crippen molar-refractivity contribution < 1.29 is 42.9 Å². The molecule has 0 bridgehead atoms. The van der Waals surface area contributed by atoms with Crippen molar-refractivity contribution in [1.82, 2.24) is 0 Å². The van der Waals surface area contributed by atoms with Gasteiger partial charge in [-0.05, 0) is 44.9 Å². The molecule has 2 atom stereocenters. The van der Waals surface area contributed by atoms with Crippen LogP contribution in [0.25, 0.3) is 0 Å². The van der Waals surface area contributed by atoms with Crippen LogP contribution in [0.15, 0.2) is 24.3 Å². The van der Waals surface area contributed by atoms with Crippen molar-refractivity contribution in [2.24, 2.45) is 0 Å². The summed E-state index contributed by atoms with van der Waals surface area (Å²) in [5, 5.41) is 11.7. The highest BCUT2D eigenvalue weighted by molar-refractivity contribution is 5.70. The third-order valence-corrected chi connectivity index (χ3v) is 12.0. The van der Waals surface area contributed by atoms with Crippen LogP contribution < -0.4 is 5.11 Å². The van der Waals surface area contributed by atoms with E-state index in [0.717, 1.165) is 57.8 Å². The average Bonchev–Trinajstić information content (AvgIpc) is 3.26. The minimum atomic E-state index is -1.62. The van der Waals surface area contributed by atoms with Crippen molar-refractivity contribution in [3.05, 3.63) is 24.3 Å². The first-order chi connectivity index (χ1) is 31.1. The Bertz CT molecular complexity index is 1100. The summed E-state index contributed by atoms with van der Waals surface area (Å²) >= 11 is 0. The Morgan fingerprint density at radius 3 is 1.27 bits per heavy atom. The average molecular weight is 906 g/mol. The lowest BCUT2D eigenvalue weighted by Crippen LogP contribution is -2.44. The Kier molecular flexibility index (Phi) is 45.6. The van der Waals surface area contributed by atoms with E-state index in [1.54, 1.807) is 0 Å². The smallest absolute Gasteiger partial charge is 0.306 e. The first-order valence-corrected chi connectivity index (χ1v) is 27.0. The zero-order valence-electron chi connectivity index (χ0n) is 42.7. The third-order valence-electron chi connectivity index (χ3n) is 12.0. The van der Waals surface area contributed by atoms with Gasteiger partial charge in [-0.15, -0.1) is 0 Å². The molecule has 0 rings (SSSR count). The molecule has 0 heterocycles. The molecule has 0 spiro atoms. The number of unbranched alkanes of at least 4 members (excludes halogenated alkanes) is 31. The second kappa shape index (κ2) is 47.3. The molecule has 0 N–H and O–H groups in total. The molecule has 0 aliphatic heterocycles. The van der Waals surface area contributed by atoms with Gasteiger partial charge in [0.25, 0.3) is 0 Å². The normalized spacial score (nSPS) is 13.0. The van der Waals surface area contributed by atoms with Gasteiger partial charge < -0.3 is 33.3 Å². The zero-order chi connectivity index (χ0) is 47.0. The van der Waals surface area contributed by atoms with E-state index in [1.165, 1.54) is 161 Å². The fourth-order valence-corrected chi connectivity index (χ4v) is 7.74. The van der Waals surface area contributed by atoms with E-state index in [-0.39, 0.29) is 32.2 Å². The largest absolute Gasteiger partial charge is 0.545 e. The number of hydrogen-bond donors (Lipinski definition) is 0. The molecule has 0 aromatic rings. The minimum Gasteiger partial charge on any atom is -0.545 e. The molecule has 64 heavy (non-hydrogen) atoms. The number of nitrogens with zero attached hydrogens (tertiary/aromatic N) is 1. The Morgan fingerprint density at radius 1 is 0.469 bits per heavy atom. The first kappa shape index (κ1) is 61.8. The highest BCUT2D eigenvalue weighted by Crippen LogP contribution is 2.17. The standard InChI is InChI=1S/C55H103NO8/c1-6-8-10-12-14-16-18-20-22-23-24-25-26-27-28-29-30-32-33-35-37-39-41-43-45-52(57)62-49-51(50-63-55(54(59)60)61-48-47-56(3,4)5)64-53(58)46-44-42-40-38-36-34-31-21-19-17-15-13-11-9-7-2/h15,17,21,31,51,55H,6-14,16,18-20,22-30,32-50H2,1-5H3/b17-15-,31-21-. The van der Waals surface area contributed by atoms with E-state index in [1.807, 2.05) is 21.1 Å². The quantitative estimate of drug-likeness (QED) is 0.0195. The van der Waals surface area contributed by atoms with Crippen molar-refractivity contribution in [1.29, 1.82) is 0 Å². The molecule has 0 saturated heterocycles. The lowest BCUT2D eigenvalue weighted by Gasteiger charge is -2.26. The summed E-state index contributed by atoms with van der Waals surface area (Å²) in [4.78, 5) is 37.1. The maximum atomic E-state index is 12.8. The summed E-state index contributed by atoms with van der Waals surface area (Å²) in [7, 11) is 5.92. The van der Waals surface area contributed by atoms with Crippen LogP contribution in [0.1, 0.15) is 251 Å². The molecule has 2 unspecified atom stereocenters. The van der Waals surface area contributed by atoms with Gasteiger partial charge in [0.2, 0.25) is 0 Å². The van der Waals surface area contributed by atoms with Gasteiger partial charge in [-0.3, -0.25) is 9.59 Å². The van der Waals surface area contributed by atoms with E-state index in [0.29, 0.717) is 23.9 Å². The van der Waals surface area contributed by atoms with Crippen molar-refractivity contribution in [2.75, 3.05) is 47.5 Å². The summed E-state index contributed by atoms with van der Waals surface area (Å²) in [6.07, 6.45) is 50.8. The van der Waals surface area contributed by atoms with Crippen LogP contribution in [-0.4, -0.2) is 82.3 Å². The fraction of sp³-hybridized carbons (Fsp3) is 0.873. The van der Waals surface area contributed by atoms with Crippen LogP contribution >= 0.6 is 0 Å². The van der Waals surface area contributed by atoms with E-state index >= 15 is 0 Å². The highest BCUT2D eigenvalue weighted by atomic mass is 16.7. The summed E-state index contributed by atoms with van der Waals surface area (Å²) in [6.45, 7) is 4.74. The van der Waals surface area contributed by atoms with Crippen molar-refractivity contribution in [3.8, 4) is 0 Å². The molecule has 376 valence electrons. The van der Waals surface area contributed by atoms with Gasteiger partial charge >= 0.3 is 11.9 Å². The molecule has 9 heteroatoms. The Morgan fingerprint density at radius 2 is 0.844 bits per heavy atom. The SMILES string of the molecule is CCCCC/C=C\C/C=C\CCCCCCCC(=O)OC(COC(=O)CCCCCCCCCCCCCCCCCCCCCCCCCC)COC(OCC[N+](C)(C)C)C(=O)[O-]. The molecule has 0 fully saturated rings. The number of allylic oxidation sites excluding steroid dienone is 4. The summed E-state index contributed by atoms with van der Waals surface area (Å²) in [6, 6.07) is 0. The van der Waals surface area contributed by atoms with Gasteiger partial charge in [0.1, 0.15) is 13.2 Å². The number of rotatable bonds is 50. The molecule has 9 nitrogen and oxygen atoms in total. The van der Waals surface area contributed by atoms with Crippen molar-refractivity contribution >= 4 is 17.9 Å². The number of quaternary nitrogens is 1. The molecule has 0 saturated carbocycles. The molecule has 0 aromatic heterocycles. The van der Waals surface area contributed by atoms with Crippen LogP contribution in [0, 0.1) is 0 Å². The van der Waals surface area contributed by atoms with Crippen LogP contribution in [0.3, 0.4) is 0 Å². The van der Waals surface area contributed by atoms with E-state index in [9.17, 15) is 19.5 Å². The monoisotopic (exact) mass is 906 g/mol. The third kappa shape index (κ3) is 47.7. The number of likely N-dealkylation sites (N-methyl/N-ethyl adjacent to an activating group) is 1. The summed E-state index contributed by atoms with van der Waals surface area (Å²) < 4.78 is 22.6. The second-order valence-corrected chi connectivity index (χ2v) is 19.5. The Hall–Kier alpha value is -2.23. The fourth-order valence-electron chi connectivity index (χ4n) is 7.74. The van der Waals surface area contributed by atoms with Gasteiger partial charge in [0.05, 0.1) is 40.3 Å². The van der Waals surface area contributed by atoms with Gasteiger partial charge in [0.15, 0.2) is 12.4 Å². The maximum absolute atomic E-state index is 12.8. The highest BCUT2D eigenvalue weighted by Gasteiger charge is 2.22. The van der Waals surface area contributed by atoms with Gasteiger partial charge in [-0.1, -0.05) is 218 Å². The van der Waals surface area contributed by atoms with Gasteiger partial charge in [-0.2, -0.15) is 0 Å². The number of carboxylic acid groups (broad SMARTS) is 1. The molecule has 0 radical (unpaired) electrons.